The molecule has 2 aromatic rings. The number of esters is 1. The van der Waals surface area contributed by atoms with E-state index in [4.69, 9.17) is 10.5 Å². The van der Waals surface area contributed by atoms with Gasteiger partial charge >= 0.3 is 5.97 Å². The zero-order valence-corrected chi connectivity index (χ0v) is 16.8. The molecule has 3 amide bonds. The number of nitrogens with two attached hydrogens (primary N) is 1. The summed E-state index contributed by atoms with van der Waals surface area (Å²) in [7, 11) is 0. The van der Waals surface area contributed by atoms with Gasteiger partial charge in [-0.25, -0.2) is 0 Å². The molecule has 1 heterocycles. The van der Waals surface area contributed by atoms with Crippen LogP contribution in [0.25, 0.3) is 0 Å². The number of nitrogens with zero attached hydrogens (tertiary/aromatic N) is 1. The predicted molar refractivity (Wildman–Crippen MR) is 111 cm³/mol. The quantitative estimate of drug-likeness (QED) is 0.708. The van der Waals surface area contributed by atoms with Crippen molar-refractivity contribution in [2.75, 3.05) is 16.8 Å². The summed E-state index contributed by atoms with van der Waals surface area (Å²) in [6, 6.07) is 13.5. The van der Waals surface area contributed by atoms with Crippen molar-refractivity contribution < 1.29 is 23.9 Å². The summed E-state index contributed by atoms with van der Waals surface area (Å²) in [6.45, 7) is 3.62. The second kappa shape index (κ2) is 8.77. The number of aryl methyl sites for hydroxylation is 1. The summed E-state index contributed by atoms with van der Waals surface area (Å²) in [5.41, 5.74) is 7.74. The van der Waals surface area contributed by atoms with Crippen molar-refractivity contribution in [1.29, 1.82) is 0 Å². The summed E-state index contributed by atoms with van der Waals surface area (Å²) < 4.78 is 5.28. The summed E-state index contributed by atoms with van der Waals surface area (Å²) in [4.78, 5) is 49.7. The van der Waals surface area contributed by atoms with Crippen molar-refractivity contribution in [3.8, 4) is 0 Å². The number of primary amides is 1. The van der Waals surface area contributed by atoms with E-state index in [-0.39, 0.29) is 18.9 Å². The number of ether oxygens (including phenoxy) is 1. The molecule has 2 aromatic carbocycles. The molecule has 0 aromatic heterocycles. The van der Waals surface area contributed by atoms with Crippen molar-refractivity contribution >= 4 is 35.1 Å². The van der Waals surface area contributed by atoms with Gasteiger partial charge in [-0.1, -0.05) is 17.7 Å². The van der Waals surface area contributed by atoms with E-state index in [0.29, 0.717) is 11.3 Å². The van der Waals surface area contributed by atoms with Gasteiger partial charge in [0.05, 0.1) is 5.92 Å². The van der Waals surface area contributed by atoms with E-state index in [1.54, 1.807) is 4.90 Å². The third kappa shape index (κ3) is 4.83. The van der Waals surface area contributed by atoms with Crippen LogP contribution in [0.4, 0.5) is 11.4 Å². The van der Waals surface area contributed by atoms with E-state index < -0.39 is 29.8 Å². The number of benzene rings is 2. The molecule has 0 aliphatic carbocycles. The Kier molecular flexibility index (Phi) is 6.15. The maximum absolute atomic E-state index is 12.5. The molecule has 2 atom stereocenters. The zero-order chi connectivity index (χ0) is 21.8. The molecule has 0 spiro atoms. The van der Waals surface area contributed by atoms with Crippen LogP contribution in [0.1, 0.15) is 29.3 Å². The van der Waals surface area contributed by atoms with Gasteiger partial charge in [-0.05, 0) is 50.2 Å². The summed E-state index contributed by atoms with van der Waals surface area (Å²) >= 11 is 0. The normalized spacial score (nSPS) is 16.8. The molecule has 1 aliphatic heterocycles. The third-order valence-electron chi connectivity index (χ3n) is 4.90. The summed E-state index contributed by atoms with van der Waals surface area (Å²) in [6.07, 6.45) is -1.01. The number of rotatable bonds is 6. The zero-order valence-electron chi connectivity index (χ0n) is 16.8. The number of amides is 3. The fraction of sp³-hybridized carbons (Fsp3) is 0.273. The minimum Gasteiger partial charge on any atom is -0.452 e. The van der Waals surface area contributed by atoms with Crippen LogP contribution in [0.3, 0.4) is 0 Å². The third-order valence-corrected chi connectivity index (χ3v) is 4.90. The van der Waals surface area contributed by atoms with E-state index in [9.17, 15) is 19.2 Å². The van der Waals surface area contributed by atoms with E-state index in [1.165, 1.54) is 31.2 Å². The Morgan fingerprint density at radius 3 is 2.33 bits per heavy atom. The molecule has 0 bridgehead atoms. The number of carbonyl (C=O) groups excluding carboxylic acids is 4. The lowest BCUT2D eigenvalue weighted by molar-refractivity contribution is -0.157. The van der Waals surface area contributed by atoms with Gasteiger partial charge in [0, 0.05) is 29.9 Å². The van der Waals surface area contributed by atoms with Gasteiger partial charge in [0.2, 0.25) is 11.8 Å². The van der Waals surface area contributed by atoms with Crippen molar-refractivity contribution in [2.45, 2.75) is 26.4 Å². The first-order chi connectivity index (χ1) is 14.2. The molecule has 30 heavy (non-hydrogen) atoms. The van der Waals surface area contributed by atoms with E-state index >= 15 is 0 Å². The van der Waals surface area contributed by atoms with Gasteiger partial charge < -0.3 is 20.7 Å². The van der Waals surface area contributed by atoms with Gasteiger partial charge in [-0.2, -0.15) is 0 Å². The molecule has 0 saturated carbocycles. The topological polar surface area (TPSA) is 119 Å². The van der Waals surface area contributed by atoms with Gasteiger partial charge in [-0.3, -0.25) is 19.2 Å². The van der Waals surface area contributed by atoms with Crippen molar-refractivity contribution in [1.82, 2.24) is 0 Å². The second-order valence-corrected chi connectivity index (χ2v) is 7.25. The smallest absolute Gasteiger partial charge is 0.312 e. The molecule has 8 nitrogen and oxygen atoms in total. The second-order valence-electron chi connectivity index (χ2n) is 7.25. The highest BCUT2D eigenvalue weighted by Gasteiger charge is 2.37. The maximum atomic E-state index is 12.5. The van der Waals surface area contributed by atoms with Crippen LogP contribution >= 0.6 is 0 Å². The van der Waals surface area contributed by atoms with Crippen molar-refractivity contribution in [3.05, 3.63) is 59.7 Å². The van der Waals surface area contributed by atoms with E-state index in [1.807, 2.05) is 31.2 Å². The molecular formula is C22H23N3O5. The van der Waals surface area contributed by atoms with Crippen LogP contribution in [0.2, 0.25) is 0 Å². The molecule has 1 saturated heterocycles. The first-order valence-electron chi connectivity index (χ1n) is 9.53. The number of hydrogen-bond acceptors (Lipinski definition) is 5. The Morgan fingerprint density at radius 2 is 1.73 bits per heavy atom. The maximum Gasteiger partial charge on any atom is 0.312 e. The highest BCUT2D eigenvalue weighted by Crippen LogP contribution is 2.26. The Labute approximate surface area is 174 Å². The van der Waals surface area contributed by atoms with Gasteiger partial charge in [0.1, 0.15) is 0 Å². The van der Waals surface area contributed by atoms with Gasteiger partial charge in [-0.15, -0.1) is 0 Å². The molecule has 156 valence electrons. The van der Waals surface area contributed by atoms with Crippen LogP contribution in [0.5, 0.6) is 0 Å². The van der Waals surface area contributed by atoms with Crippen LogP contribution in [-0.4, -0.2) is 36.3 Å². The first-order valence-corrected chi connectivity index (χ1v) is 9.53. The SMILES string of the molecule is Cc1ccc(N2C[C@H](C(=O)O[C@@H](C)C(=O)Nc3ccc(C(N)=O)cc3)CC2=O)cc1. The first kappa shape index (κ1) is 21.0. The Morgan fingerprint density at radius 1 is 1.10 bits per heavy atom. The molecular weight excluding hydrogens is 386 g/mol. The lowest BCUT2D eigenvalue weighted by atomic mass is 10.1. The highest BCUT2D eigenvalue weighted by atomic mass is 16.5. The van der Waals surface area contributed by atoms with Crippen LogP contribution in [0, 0.1) is 12.8 Å². The van der Waals surface area contributed by atoms with Gasteiger partial charge in [0.25, 0.3) is 5.91 Å². The summed E-state index contributed by atoms with van der Waals surface area (Å²) in [5, 5.41) is 2.61. The van der Waals surface area contributed by atoms with E-state index in [0.717, 1.165) is 11.3 Å². The number of hydrogen-bond donors (Lipinski definition) is 2. The molecule has 1 aliphatic rings. The summed E-state index contributed by atoms with van der Waals surface area (Å²) in [5.74, 6) is -2.48. The van der Waals surface area contributed by atoms with Crippen LogP contribution in [-0.2, 0) is 19.1 Å². The average molecular weight is 409 g/mol. The standard InChI is InChI=1S/C22H23N3O5/c1-13-3-9-18(10-4-13)25-12-16(11-19(25)26)22(29)30-14(2)21(28)24-17-7-5-15(6-8-17)20(23)27/h3-10,14,16H,11-12H2,1-2H3,(H2,23,27)(H,24,28)/t14-,16+/m0/s1. The fourth-order valence-corrected chi connectivity index (χ4v) is 3.13. The lowest BCUT2D eigenvalue weighted by Crippen LogP contribution is -2.33. The fourth-order valence-electron chi connectivity index (χ4n) is 3.13. The van der Waals surface area contributed by atoms with Crippen molar-refractivity contribution in [3.63, 3.8) is 0 Å². The molecule has 1 fully saturated rings. The minimum atomic E-state index is -1.04. The van der Waals surface area contributed by atoms with Gasteiger partial charge in [0.15, 0.2) is 6.10 Å². The monoisotopic (exact) mass is 409 g/mol. The minimum absolute atomic E-state index is 0.0373. The number of nitrogens with one attached hydrogen (secondary N) is 1. The Bertz CT molecular complexity index is 969. The molecule has 3 rings (SSSR count). The molecule has 3 N–H and O–H groups in total. The largest absolute Gasteiger partial charge is 0.452 e. The highest BCUT2D eigenvalue weighted by molar-refractivity contribution is 6.00. The van der Waals surface area contributed by atoms with Crippen LogP contribution < -0.4 is 16.0 Å². The van der Waals surface area contributed by atoms with Crippen molar-refractivity contribution in [2.24, 2.45) is 11.7 Å². The average Bonchev–Trinajstić information content (AvgIpc) is 3.10. The molecule has 0 radical (unpaired) electrons. The Balaban J connectivity index is 1.55. The lowest BCUT2D eigenvalue weighted by Gasteiger charge is -2.18. The molecule has 0 unspecified atom stereocenters. The Hall–Kier alpha value is -3.68. The predicted octanol–water partition coefficient (Wildman–Crippen LogP) is 2.02. The number of carbonyl (C=O) groups is 4. The molecule has 8 heteroatoms. The number of anilines is 2. The van der Waals surface area contributed by atoms with Crippen LogP contribution in [0.15, 0.2) is 48.5 Å². The van der Waals surface area contributed by atoms with E-state index in [2.05, 4.69) is 5.32 Å².